The number of amides is 1. The van der Waals surface area contributed by atoms with Crippen molar-refractivity contribution >= 4 is 5.91 Å². The first-order valence-electron chi connectivity index (χ1n) is 13.0. The second-order valence-electron chi connectivity index (χ2n) is 10.0. The lowest BCUT2D eigenvalue weighted by Crippen LogP contribution is -2.35. The third-order valence-corrected chi connectivity index (χ3v) is 7.68. The van der Waals surface area contributed by atoms with E-state index in [4.69, 9.17) is 14.2 Å². The Kier molecular flexibility index (Phi) is 6.42. The third kappa shape index (κ3) is 4.39. The van der Waals surface area contributed by atoms with Crippen LogP contribution in [0.2, 0.25) is 0 Å². The quantitative estimate of drug-likeness (QED) is 0.527. The Labute approximate surface area is 215 Å². The number of rotatable bonds is 5. The lowest BCUT2D eigenvalue weighted by molar-refractivity contribution is 0.0933. The van der Waals surface area contributed by atoms with E-state index in [0.29, 0.717) is 28.6 Å². The van der Waals surface area contributed by atoms with E-state index in [0.717, 1.165) is 42.6 Å². The van der Waals surface area contributed by atoms with Crippen LogP contribution >= 0.6 is 0 Å². The van der Waals surface area contributed by atoms with Gasteiger partial charge in [0, 0.05) is 23.7 Å². The number of aromatic nitrogens is 4. The predicted octanol–water partition coefficient (Wildman–Crippen LogP) is 3.43. The minimum Gasteiger partial charge on any atom is -0.492 e. The molecule has 3 aliphatic rings. The summed E-state index contributed by atoms with van der Waals surface area (Å²) in [6, 6.07) is 9.48. The molecule has 0 spiro atoms. The topological polar surface area (TPSA) is 104 Å². The van der Waals surface area contributed by atoms with E-state index < -0.39 is 0 Å². The van der Waals surface area contributed by atoms with Gasteiger partial charge in [-0.1, -0.05) is 31.7 Å². The first-order valence-corrected chi connectivity index (χ1v) is 13.0. The van der Waals surface area contributed by atoms with Crippen LogP contribution in [0.5, 0.6) is 17.2 Å². The fraction of sp³-hybridized carbons (Fsp3) is 0.481. The highest BCUT2D eigenvalue weighted by atomic mass is 16.7. The van der Waals surface area contributed by atoms with Gasteiger partial charge in [0.25, 0.3) is 5.91 Å². The normalized spacial score (nSPS) is 19.8. The van der Waals surface area contributed by atoms with Crippen molar-refractivity contribution in [2.45, 2.75) is 57.0 Å². The summed E-state index contributed by atoms with van der Waals surface area (Å²) in [5.41, 5.74) is 3.42. The molecule has 2 aliphatic heterocycles. The third-order valence-electron chi connectivity index (χ3n) is 7.68. The molecule has 0 unspecified atom stereocenters. The Morgan fingerprint density at radius 3 is 2.78 bits per heavy atom. The molecule has 3 heterocycles. The second-order valence-corrected chi connectivity index (χ2v) is 10.0. The maximum absolute atomic E-state index is 13.1. The molecule has 0 bridgehead atoms. The van der Waals surface area contributed by atoms with Crippen LogP contribution in [0, 0.1) is 0 Å². The van der Waals surface area contributed by atoms with E-state index in [1.54, 1.807) is 11.8 Å². The van der Waals surface area contributed by atoms with Gasteiger partial charge in [-0.05, 0) is 66.6 Å². The zero-order valence-corrected chi connectivity index (χ0v) is 21.3. The van der Waals surface area contributed by atoms with Crippen molar-refractivity contribution < 1.29 is 19.0 Å². The van der Waals surface area contributed by atoms with E-state index in [1.165, 1.54) is 25.7 Å². The molecule has 1 amide bonds. The van der Waals surface area contributed by atoms with Crippen LogP contribution in [0.25, 0.3) is 5.69 Å². The number of nitrogens with one attached hydrogen (secondary N) is 1. The molecule has 6 rings (SSSR count). The summed E-state index contributed by atoms with van der Waals surface area (Å²) in [6.45, 7) is 0.986. The molecular weight excluding hydrogens is 472 g/mol. The van der Waals surface area contributed by atoms with Gasteiger partial charge in [-0.3, -0.25) is 9.69 Å². The molecule has 10 heteroatoms. The number of likely N-dealkylation sites (N-methyl/N-ethyl adjacent to an activating group) is 1. The minimum atomic E-state index is -0.272. The van der Waals surface area contributed by atoms with E-state index in [-0.39, 0.29) is 24.8 Å². The van der Waals surface area contributed by atoms with Crippen LogP contribution in [-0.4, -0.2) is 64.6 Å². The number of hydrogen-bond donors (Lipinski definition) is 1. The second kappa shape index (κ2) is 10.0. The summed E-state index contributed by atoms with van der Waals surface area (Å²) in [5, 5.41) is 16.0. The monoisotopic (exact) mass is 504 g/mol. The Balaban J connectivity index is 1.35. The number of carbonyl (C=O) groups excluding carboxylic acids is 1. The van der Waals surface area contributed by atoms with Crippen molar-refractivity contribution in [3.8, 4) is 22.9 Å². The number of methoxy groups -OCH3 is 1. The van der Waals surface area contributed by atoms with Gasteiger partial charge in [0.1, 0.15) is 6.04 Å². The molecule has 3 aromatic rings. The molecule has 10 nitrogen and oxygen atoms in total. The van der Waals surface area contributed by atoms with Crippen molar-refractivity contribution in [2.24, 2.45) is 0 Å². The maximum atomic E-state index is 13.1. The molecule has 0 radical (unpaired) electrons. The minimum absolute atomic E-state index is 0.0575. The predicted molar refractivity (Wildman–Crippen MR) is 135 cm³/mol. The molecule has 37 heavy (non-hydrogen) atoms. The summed E-state index contributed by atoms with van der Waals surface area (Å²) >= 11 is 0. The van der Waals surface area contributed by atoms with Gasteiger partial charge in [-0.15, -0.1) is 5.10 Å². The molecular formula is C27H32N6O4. The highest BCUT2D eigenvalue weighted by Gasteiger charge is 2.37. The van der Waals surface area contributed by atoms with E-state index in [1.807, 2.05) is 37.4 Å². The SMILES string of the molecule is COc1c2c(cc3c1[C@H](c1nnnn1-c1cccc(C(=O)NC4CCCCCC4)c1)N(C)CC3)OCO2. The van der Waals surface area contributed by atoms with Crippen molar-refractivity contribution in [1.29, 1.82) is 0 Å². The maximum Gasteiger partial charge on any atom is 0.251 e. The summed E-state index contributed by atoms with van der Waals surface area (Å²) in [6.07, 6.45) is 7.74. The Morgan fingerprint density at radius 2 is 1.97 bits per heavy atom. The van der Waals surface area contributed by atoms with Crippen molar-refractivity contribution in [2.75, 3.05) is 27.5 Å². The van der Waals surface area contributed by atoms with E-state index in [2.05, 4.69) is 25.7 Å². The molecule has 1 aromatic heterocycles. The van der Waals surface area contributed by atoms with Gasteiger partial charge in [-0.2, -0.15) is 4.68 Å². The van der Waals surface area contributed by atoms with Crippen LogP contribution in [-0.2, 0) is 6.42 Å². The Bertz CT molecular complexity index is 1300. The highest BCUT2D eigenvalue weighted by Crippen LogP contribution is 2.50. The van der Waals surface area contributed by atoms with Crippen molar-refractivity contribution in [3.05, 3.63) is 52.8 Å². The molecule has 2 aromatic carbocycles. The molecule has 1 atom stereocenters. The lowest BCUT2D eigenvalue weighted by Gasteiger charge is -2.34. The first kappa shape index (κ1) is 23.7. The number of carbonyl (C=O) groups is 1. The van der Waals surface area contributed by atoms with Crippen molar-refractivity contribution in [1.82, 2.24) is 30.4 Å². The number of benzene rings is 2. The number of fused-ring (bicyclic) bond motifs is 2. The van der Waals surface area contributed by atoms with Crippen LogP contribution in [0.3, 0.4) is 0 Å². The first-order chi connectivity index (χ1) is 18.1. The highest BCUT2D eigenvalue weighted by molar-refractivity contribution is 5.94. The zero-order chi connectivity index (χ0) is 25.4. The number of hydrogen-bond acceptors (Lipinski definition) is 8. The van der Waals surface area contributed by atoms with Gasteiger partial charge < -0.3 is 19.5 Å². The lowest BCUT2D eigenvalue weighted by atomic mass is 9.90. The summed E-state index contributed by atoms with van der Waals surface area (Å²) in [4.78, 5) is 15.3. The van der Waals surface area contributed by atoms with Crippen LogP contribution < -0.4 is 19.5 Å². The Morgan fingerprint density at radius 1 is 1.14 bits per heavy atom. The fourth-order valence-corrected chi connectivity index (χ4v) is 5.78. The average Bonchev–Trinajstić information content (AvgIpc) is 3.52. The van der Waals surface area contributed by atoms with Crippen LogP contribution in [0.1, 0.15) is 71.9 Å². The average molecular weight is 505 g/mol. The van der Waals surface area contributed by atoms with Gasteiger partial charge in [0.15, 0.2) is 17.3 Å². The summed E-state index contributed by atoms with van der Waals surface area (Å²) < 4.78 is 19.0. The number of nitrogens with zero attached hydrogens (tertiary/aromatic N) is 5. The zero-order valence-electron chi connectivity index (χ0n) is 21.3. The van der Waals surface area contributed by atoms with Gasteiger partial charge in [0.05, 0.1) is 12.8 Å². The van der Waals surface area contributed by atoms with Gasteiger partial charge in [-0.25, -0.2) is 0 Å². The van der Waals surface area contributed by atoms with Crippen LogP contribution in [0.15, 0.2) is 30.3 Å². The molecule has 1 N–H and O–H groups in total. The largest absolute Gasteiger partial charge is 0.492 e. The summed E-state index contributed by atoms with van der Waals surface area (Å²) in [7, 11) is 3.69. The molecule has 194 valence electrons. The van der Waals surface area contributed by atoms with Crippen molar-refractivity contribution in [3.63, 3.8) is 0 Å². The van der Waals surface area contributed by atoms with E-state index >= 15 is 0 Å². The van der Waals surface area contributed by atoms with Gasteiger partial charge in [0.2, 0.25) is 12.5 Å². The smallest absolute Gasteiger partial charge is 0.251 e. The molecule has 0 saturated heterocycles. The standard InChI is InChI=1S/C27H32N6O4/c1-32-13-12-17-15-21-24(37-16-36-21)25(35-2)22(17)23(32)26-29-30-31-33(26)20-11-7-8-18(14-20)27(34)28-19-9-5-3-4-6-10-19/h7-8,11,14-15,19,23H,3-6,9-10,12-13,16H2,1-2H3,(H,28,34)/t23-/m1/s1. The number of tetrazole rings is 1. The Hall–Kier alpha value is -3.66. The van der Waals surface area contributed by atoms with Crippen LogP contribution in [0.4, 0.5) is 0 Å². The van der Waals surface area contributed by atoms with E-state index in [9.17, 15) is 4.79 Å². The van der Waals surface area contributed by atoms with Gasteiger partial charge >= 0.3 is 0 Å². The molecule has 1 saturated carbocycles. The molecule has 1 aliphatic carbocycles. The summed E-state index contributed by atoms with van der Waals surface area (Å²) in [5.74, 6) is 2.54. The molecule has 1 fully saturated rings. The number of ether oxygens (including phenoxy) is 3. The fourth-order valence-electron chi connectivity index (χ4n) is 5.78.